The molecule has 0 fully saturated rings. The first-order valence-electron chi connectivity index (χ1n) is 11.5. The van der Waals surface area contributed by atoms with Gasteiger partial charge < -0.3 is 20.1 Å². The molecule has 0 spiro atoms. The van der Waals surface area contributed by atoms with Crippen molar-refractivity contribution in [1.82, 2.24) is 25.3 Å². The molecule has 4 aromatic rings. The molecule has 8 heteroatoms. The first-order valence-corrected chi connectivity index (χ1v) is 11.9. The Balaban J connectivity index is 1.44. The second-order valence-corrected chi connectivity index (χ2v) is 8.93. The van der Waals surface area contributed by atoms with Crippen molar-refractivity contribution in [2.75, 3.05) is 0 Å². The Hall–Kier alpha value is -3.45. The first-order chi connectivity index (χ1) is 16.5. The predicted molar refractivity (Wildman–Crippen MR) is 133 cm³/mol. The van der Waals surface area contributed by atoms with E-state index in [-0.39, 0.29) is 24.2 Å². The third-order valence-electron chi connectivity index (χ3n) is 5.69. The average Bonchev–Trinajstić information content (AvgIpc) is 3.45. The number of nitrogens with one attached hydrogen (secondary N) is 3. The molecule has 2 heterocycles. The van der Waals surface area contributed by atoms with Crippen LogP contribution >= 0.6 is 11.6 Å². The number of ketones is 1. The number of aromatic nitrogens is 4. The van der Waals surface area contributed by atoms with Gasteiger partial charge in [-0.05, 0) is 43.5 Å². The Bertz CT molecular complexity index is 1260. The van der Waals surface area contributed by atoms with Gasteiger partial charge in [0.1, 0.15) is 17.4 Å². The lowest BCUT2D eigenvalue weighted by molar-refractivity contribution is -0.121. The average molecular weight is 478 g/mol. The van der Waals surface area contributed by atoms with Crippen LogP contribution < -0.4 is 5.32 Å². The minimum absolute atomic E-state index is 0.124. The van der Waals surface area contributed by atoms with E-state index in [1.807, 2.05) is 36.4 Å². The third kappa shape index (κ3) is 6.32. The molecule has 176 valence electrons. The number of H-pyrrole nitrogens is 2. The smallest absolute Gasteiger partial charge is 0.228 e. The van der Waals surface area contributed by atoms with Gasteiger partial charge in [-0.1, -0.05) is 54.8 Å². The lowest BCUT2D eigenvalue weighted by Crippen LogP contribution is -2.31. The van der Waals surface area contributed by atoms with E-state index in [9.17, 15) is 9.59 Å². The van der Waals surface area contributed by atoms with Crippen molar-refractivity contribution in [2.45, 2.75) is 51.5 Å². The molecule has 2 aromatic carbocycles. The van der Waals surface area contributed by atoms with Crippen LogP contribution in [-0.4, -0.2) is 31.6 Å². The molecule has 0 saturated heterocycles. The van der Waals surface area contributed by atoms with Crippen molar-refractivity contribution in [1.29, 1.82) is 0 Å². The van der Waals surface area contributed by atoms with Gasteiger partial charge in [-0.3, -0.25) is 4.79 Å². The number of imidazole rings is 2. The molecule has 0 bridgehead atoms. The zero-order valence-corrected chi connectivity index (χ0v) is 19.9. The number of hydrogen-bond donors (Lipinski definition) is 3. The van der Waals surface area contributed by atoms with E-state index in [0.29, 0.717) is 17.3 Å². The van der Waals surface area contributed by atoms with E-state index >= 15 is 0 Å². The fraction of sp³-hybridized carbons (Fsp3) is 0.308. The van der Waals surface area contributed by atoms with Crippen LogP contribution in [0.5, 0.6) is 0 Å². The molecule has 1 amide bonds. The molecule has 0 aliphatic rings. The third-order valence-corrected chi connectivity index (χ3v) is 5.92. The predicted octanol–water partition coefficient (Wildman–Crippen LogP) is 5.55. The minimum Gasteiger partial charge on any atom is -0.346 e. The van der Waals surface area contributed by atoms with Gasteiger partial charge in [0.2, 0.25) is 5.91 Å². The van der Waals surface area contributed by atoms with E-state index in [2.05, 4.69) is 25.3 Å². The SMILES string of the molecule is CC(=O)CCCCC[C@H](NC(=O)Cc1nc2cc(Cl)ccc2[nH]1)c1ncc(-c2ccccc2)[nH]1. The van der Waals surface area contributed by atoms with Crippen molar-refractivity contribution in [3.63, 3.8) is 0 Å². The van der Waals surface area contributed by atoms with E-state index < -0.39 is 0 Å². The van der Waals surface area contributed by atoms with E-state index in [0.717, 1.165) is 53.8 Å². The molecule has 0 aliphatic carbocycles. The maximum absolute atomic E-state index is 12.9. The zero-order valence-electron chi connectivity index (χ0n) is 19.1. The summed E-state index contributed by atoms with van der Waals surface area (Å²) in [5.74, 6) is 1.36. The van der Waals surface area contributed by atoms with Gasteiger partial charge in [0.15, 0.2) is 0 Å². The van der Waals surface area contributed by atoms with Gasteiger partial charge in [0.05, 0.1) is 35.4 Å². The van der Waals surface area contributed by atoms with Crippen molar-refractivity contribution < 1.29 is 9.59 Å². The van der Waals surface area contributed by atoms with Crippen LogP contribution in [0.2, 0.25) is 5.02 Å². The standard InChI is InChI=1S/C26H28ClN5O2/c1-17(33)8-4-2-7-11-21(26-28-16-23(32-26)18-9-5-3-6-10-18)31-25(34)15-24-29-20-13-12-19(27)14-22(20)30-24/h3,5-6,9-10,12-14,16,21H,2,4,7-8,11,15H2,1H3,(H,28,32)(H,29,30)(H,31,34)/t21-/m0/s1. The Morgan fingerprint density at radius 1 is 1.06 bits per heavy atom. The van der Waals surface area contributed by atoms with Gasteiger partial charge in [-0.15, -0.1) is 0 Å². The summed E-state index contributed by atoms with van der Waals surface area (Å²) in [6, 6.07) is 15.1. The molecule has 3 N–H and O–H groups in total. The molecule has 7 nitrogen and oxygen atoms in total. The van der Waals surface area contributed by atoms with Crippen molar-refractivity contribution in [3.8, 4) is 11.3 Å². The maximum atomic E-state index is 12.9. The lowest BCUT2D eigenvalue weighted by Gasteiger charge is -2.16. The van der Waals surface area contributed by atoms with Gasteiger partial charge in [-0.25, -0.2) is 9.97 Å². The molecule has 0 radical (unpaired) electrons. The number of carbonyl (C=O) groups excluding carboxylic acids is 2. The number of nitrogens with zero attached hydrogens (tertiary/aromatic N) is 2. The molecule has 1 atom stereocenters. The summed E-state index contributed by atoms with van der Waals surface area (Å²) in [6.07, 6.45) is 5.88. The van der Waals surface area contributed by atoms with Gasteiger partial charge in [-0.2, -0.15) is 0 Å². The van der Waals surface area contributed by atoms with Crippen LogP contribution in [-0.2, 0) is 16.0 Å². The fourth-order valence-corrected chi connectivity index (χ4v) is 4.13. The van der Waals surface area contributed by atoms with Crippen LogP contribution in [0, 0.1) is 0 Å². The summed E-state index contributed by atoms with van der Waals surface area (Å²) in [5, 5.41) is 3.72. The largest absolute Gasteiger partial charge is 0.346 e. The molecule has 0 saturated carbocycles. The van der Waals surface area contributed by atoms with Crippen LogP contribution in [0.3, 0.4) is 0 Å². The number of unbranched alkanes of at least 4 members (excludes halogenated alkanes) is 2. The maximum Gasteiger partial charge on any atom is 0.228 e. The molecular formula is C26H28ClN5O2. The van der Waals surface area contributed by atoms with E-state index in [1.165, 1.54) is 0 Å². The van der Waals surface area contributed by atoms with Crippen molar-refractivity contribution in [2.24, 2.45) is 0 Å². The normalized spacial score (nSPS) is 12.1. The minimum atomic E-state index is -0.263. The van der Waals surface area contributed by atoms with Gasteiger partial charge in [0, 0.05) is 11.4 Å². The van der Waals surface area contributed by atoms with Gasteiger partial charge in [0.25, 0.3) is 0 Å². The van der Waals surface area contributed by atoms with E-state index in [1.54, 1.807) is 25.3 Å². The van der Waals surface area contributed by atoms with E-state index in [4.69, 9.17) is 11.6 Å². The quantitative estimate of drug-likeness (QED) is 0.246. The highest BCUT2D eigenvalue weighted by Gasteiger charge is 2.19. The molecule has 0 aliphatic heterocycles. The highest BCUT2D eigenvalue weighted by Crippen LogP contribution is 2.23. The van der Waals surface area contributed by atoms with Crippen LogP contribution in [0.1, 0.15) is 56.7 Å². The molecule has 4 rings (SSSR count). The van der Waals surface area contributed by atoms with Crippen LogP contribution in [0.4, 0.5) is 0 Å². The second-order valence-electron chi connectivity index (χ2n) is 8.49. The lowest BCUT2D eigenvalue weighted by atomic mass is 10.1. The Labute approximate surface area is 203 Å². The molecule has 34 heavy (non-hydrogen) atoms. The number of aromatic amines is 2. The highest BCUT2D eigenvalue weighted by atomic mass is 35.5. The number of rotatable bonds is 11. The summed E-state index contributed by atoms with van der Waals surface area (Å²) in [4.78, 5) is 39.7. The summed E-state index contributed by atoms with van der Waals surface area (Å²) in [7, 11) is 0. The zero-order chi connectivity index (χ0) is 23.9. The van der Waals surface area contributed by atoms with Gasteiger partial charge >= 0.3 is 0 Å². The summed E-state index contributed by atoms with van der Waals surface area (Å²) >= 11 is 6.04. The molecule has 0 unspecified atom stereocenters. The second kappa shape index (κ2) is 11.1. The first kappa shape index (κ1) is 23.7. The summed E-state index contributed by atoms with van der Waals surface area (Å²) in [6.45, 7) is 1.61. The highest BCUT2D eigenvalue weighted by molar-refractivity contribution is 6.31. The number of Topliss-reactive ketones (excluding diaryl/α,β-unsaturated/α-hetero) is 1. The Kier molecular flexibility index (Phi) is 7.75. The number of benzene rings is 2. The van der Waals surface area contributed by atoms with Crippen molar-refractivity contribution >= 4 is 34.3 Å². The van der Waals surface area contributed by atoms with Crippen molar-refractivity contribution in [3.05, 3.63) is 71.4 Å². The monoisotopic (exact) mass is 477 g/mol. The fourth-order valence-electron chi connectivity index (χ4n) is 3.97. The molecular weight excluding hydrogens is 450 g/mol. The number of amides is 1. The number of fused-ring (bicyclic) bond motifs is 1. The number of halogens is 1. The summed E-state index contributed by atoms with van der Waals surface area (Å²) < 4.78 is 0. The summed E-state index contributed by atoms with van der Waals surface area (Å²) in [5.41, 5.74) is 3.51. The molecule has 2 aromatic heterocycles. The van der Waals surface area contributed by atoms with Crippen LogP contribution in [0.25, 0.3) is 22.3 Å². The Morgan fingerprint density at radius 3 is 2.68 bits per heavy atom. The topological polar surface area (TPSA) is 104 Å². The number of carbonyl (C=O) groups is 2. The Morgan fingerprint density at radius 2 is 1.88 bits per heavy atom. The van der Waals surface area contributed by atoms with Crippen LogP contribution in [0.15, 0.2) is 54.7 Å². The number of hydrogen-bond acceptors (Lipinski definition) is 4.